The van der Waals surface area contributed by atoms with Crippen molar-refractivity contribution < 1.29 is 4.79 Å². The number of anilines is 1. The van der Waals surface area contributed by atoms with Gasteiger partial charge in [0, 0.05) is 58.1 Å². The number of carbonyl (C=O) groups excluding carboxylic acids is 1. The van der Waals surface area contributed by atoms with Gasteiger partial charge in [-0.15, -0.1) is 24.0 Å². The first-order chi connectivity index (χ1) is 14.8. The van der Waals surface area contributed by atoms with Gasteiger partial charge in [-0.1, -0.05) is 11.6 Å². The van der Waals surface area contributed by atoms with E-state index in [2.05, 4.69) is 43.5 Å². The molecule has 1 aliphatic carbocycles. The number of rotatable bonds is 8. The molecule has 1 saturated heterocycles. The minimum Gasteiger partial charge on any atom is -0.357 e. The van der Waals surface area contributed by atoms with E-state index in [0.29, 0.717) is 26.1 Å². The van der Waals surface area contributed by atoms with Crippen LogP contribution < -0.4 is 15.5 Å². The molecule has 0 radical (unpaired) electrons. The van der Waals surface area contributed by atoms with Crippen LogP contribution in [0.4, 0.5) is 5.95 Å². The van der Waals surface area contributed by atoms with Crippen LogP contribution in [-0.4, -0.2) is 72.5 Å². The number of piperazine rings is 1. The molecule has 31 heavy (non-hydrogen) atoms. The Bertz CT molecular complexity index is 718. The smallest absolute Gasteiger partial charge is 0.225 e. The zero-order valence-electron chi connectivity index (χ0n) is 18.6. The molecule has 9 heteroatoms. The molecule has 0 aromatic carbocycles. The van der Waals surface area contributed by atoms with Gasteiger partial charge in [0.15, 0.2) is 5.96 Å². The average Bonchev–Trinajstić information content (AvgIpc) is 2.80. The van der Waals surface area contributed by atoms with Crippen molar-refractivity contribution in [1.29, 1.82) is 0 Å². The topological polar surface area (TPSA) is 85.8 Å². The lowest BCUT2D eigenvalue weighted by molar-refractivity contribution is -0.131. The largest absolute Gasteiger partial charge is 0.357 e. The van der Waals surface area contributed by atoms with E-state index in [1.165, 1.54) is 25.7 Å². The molecule has 0 bridgehead atoms. The summed E-state index contributed by atoms with van der Waals surface area (Å²) in [5.74, 6) is 1.70. The summed E-state index contributed by atoms with van der Waals surface area (Å²) in [6, 6.07) is 1.81. The number of aliphatic imine (C=N–C) groups is 1. The number of hydrogen-bond acceptors (Lipinski definition) is 5. The molecule has 2 heterocycles. The second kappa shape index (κ2) is 14.2. The molecular formula is C22H36IN7O. The summed E-state index contributed by atoms with van der Waals surface area (Å²) in [5, 5.41) is 6.67. The van der Waals surface area contributed by atoms with E-state index in [9.17, 15) is 4.79 Å². The van der Waals surface area contributed by atoms with Crippen LogP contribution in [-0.2, 0) is 4.79 Å². The minimum atomic E-state index is 0. The van der Waals surface area contributed by atoms with Crippen molar-refractivity contribution in [2.24, 2.45) is 4.99 Å². The number of hydrogen-bond donors (Lipinski definition) is 2. The van der Waals surface area contributed by atoms with Crippen molar-refractivity contribution in [2.45, 2.75) is 45.4 Å². The Morgan fingerprint density at radius 2 is 1.90 bits per heavy atom. The van der Waals surface area contributed by atoms with E-state index < -0.39 is 0 Å². The molecule has 8 nitrogen and oxygen atoms in total. The second-order valence-corrected chi connectivity index (χ2v) is 7.71. The zero-order valence-corrected chi connectivity index (χ0v) is 20.9. The number of nitrogens with zero attached hydrogens (tertiary/aromatic N) is 5. The van der Waals surface area contributed by atoms with Gasteiger partial charge in [-0.25, -0.2) is 9.97 Å². The van der Waals surface area contributed by atoms with E-state index in [1.807, 2.05) is 11.0 Å². The fourth-order valence-electron chi connectivity index (χ4n) is 3.85. The summed E-state index contributed by atoms with van der Waals surface area (Å²) in [4.78, 5) is 29.8. The highest BCUT2D eigenvalue weighted by Gasteiger charge is 2.22. The summed E-state index contributed by atoms with van der Waals surface area (Å²) >= 11 is 0. The number of nitrogens with one attached hydrogen (secondary N) is 2. The molecule has 2 aliphatic rings. The molecule has 0 saturated carbocycles. The Kier molecular flexibility index (Phi) is 11.6. The molecule has 1 fully saturated rings. The van der Waals surface area contributed by atoms with Gasteiger partial charge in [0.1, 0.15) is 0 Å². The van der Waals surface area contributed by atoms with Crippen molar-refractivity contribution in [3.8, 4) is 0 Å². The molecular weight excluding hydrogens is 505 g/mol. The highest BCUT2D eigenvalue weighted by atomic mass is 127. The van der Waals surface area contributed by atoms with Gasteiger partial charge in [0.2, 0.25) is 11.9 Å². The van der Waals surface area contributed by atoms with E-state index >= 15 is 0 Å². The first kappa shape index (κ1) is 25.4. The Hall–Kier alpha value is -1.91. The summed E-state index contributed by atoms with van der Waals surface area (Å²) in [5.41, 5.74) is 1.56. The van der Waals surface area contributed by atoms with Crippen LogP contribution in [0.1, 0.15) is 45.4 Å². The van der Waals surface area contributed by atoms with Crippen LogP contribution in [0.25, 0.3) is 0 Å². The van der Waals surface area contributed by atoms with Crippen molar-refractivity contribution in [2.75, 3.05) is 50.7 Å². The average molecular weight is 541 g/mol. The quantitative estimate of drug-likeness (QED) is 0.228. The summed E-state index contributed by atoms with van der Waals surface area (Å²) < 4.78 is 0. The van der Waals surface area contributed by atoms with Crippen molar-refractivity contribution in [1.82, 2.24) is 25.5 Å². The maximum Gasteiger partial charge on any atom is 0.225 e. The van der Waals surface area contributed by atoms with Gasteiger partial charge in [0.05, 0.1) is 6.54 Å². The first-order valence-corrected chi connectivity index (χ1v) is 11.3. The molecule has 1 amide bonds. The van der Waals surface area contributed by atoms with E-state index in [0.717, 1.165) is 44.5 Å². The maximum atomic E-state index is 12.6. The molecule has 172 valence electrons. The SMILES string of the molecule is CCNC(=NCCC(=O)N1CCN(c2ncccn2)CC1)NCCC1=CCCCC1.I. The predicted octanol–water partition coefficient (Wildman–Crippen LogP) is 2.58. The Morgan fingerprint density at radius 3 is 2.58 bits per heavy atom. The summed E-state index contributed by atoms with van der Waals surface area (Å²) in [6.07, 6.45) is 12.5. The third-order valence-electron chi connectivity index (χ3n) is 5.53. The summed E-state index contributed by atoms with van der Waals surface area (Å²) in [7, 11) is 0. The molecule has 3 rings (SSSR count). The fourth-order valence-corrected chi connectivity index (χ4v) is 3.85. The van der Waals surface area contributed by atoms with Gasteiger partial charge in [-0.05, 0) is 45.1 Å². The van der Waals surface area contributed by atoms with Crippen molar-refractivity contribution in [3.63, 3.8) is 0 Å². The second-order valence-electron chi connectivity index (χ2n) is 7.71. The summed E-state index contributed by atoms with van der Waals surface area (Å²) in [6.45, 7) is 7.18. The molecule has 1 aromatic heterocycles. The van der Waals surface area contributed by atoms with Crippen LogP contribution in [0.2, 0.25) is 0 Å². The first-order valence-electron chi connectivity index (χ1n) is 11.3. The number of carbonyl (C=O) groups is 1. The zero-order chi connectivity index (χ0) is 21.0. The third-order valence-corrected chi connectivity index (χ3v) is 5.53. The van der Waals surface area contributed by atoms with Crippen molar-refractivity contribution >= 4 is 41.8 Å². The van der Waals surface area contributed by atoms with Crippen LogP contribution in [0.5, 0.6) is 0 Å². The lowest BCUT2D eigenvalue weighted by Gasteiger charge is -2.34. The number of amides is 1. The Labute approximate surface area is 203 Å². The van der Waals surface area contributed by atoms with Gasteiger partial charge in [0.25, 0.3) is 0 Å². The molecule has 1 aliphatic heterocycles. The molecule has 0 atom stereocenters. The number of guanidine groups is 1. The van der Waals surface area contributed by atoms with E-state index in [1.54, 1.807) is 18.0 Å². The number of aromatic nitrogens is 2. The Morgan fingerprint density at radius 1 is 1.13 bits per heavy atom. The van der Waals surface area contributed by atoms with Crippen LogP contribution >= 0.6 is 24.0 Å². The van der Waals surface area contributed by atoms with Gasteiger partial charge in [-0.3, -0.25) is 9.79 Å². The number of halogens is 1. The standard InChI is InChI=1S/C22H35N7O.HI/c1-2-23-21(24-13-9-19-7-4-3-5-8-19)25-14-10-20(30)28-15-17-29(18-16-28)22-26-11-6-12-27-22;/h6-7,11-12H,2-5,8-10,13-18H2,1H3,(H2,23,24,25);1H. The van der Waals surface area contributed by atoms with Crippen LogP contribution in [0.3, 0.4) is 0 Å². The lowest BCUT2D eigenvalue weighted by Crippen LogP contribution is -2.49. The van der Waals surface area contributed by atoms with Gasteiger partial charge in [-0.2, -0.15) is 0 Å². The van der Waals surface area contributed by atoms with Gasteiger partial charge >= 0.3 is 0 Å². The monoisotopic (exact) mass is 541 g/mol. The number of allylic oxidation sites excluding steroid dienone is 1. The van der Waals surface area contributed by atoms with Crippen molar-refractivity contribution in [3.05, 3.63) is 30.1 Å². The van der Waals surface area contributed by atoms with E-state index in [-0.39, 0.29) is 29.9 Å². The van der Waals surface area contributed by atoms with Crippen LogP contribution in [0, 0.1) is 0 Å². The highest BCUT2D eigenvalue weighted by molar-refractivity contribution is 14.0. The minimum absolute atomic E-state index is 0. The molecule has 1 aromatic rings. The molecule has 2 N–H and O–H groups in total. The van der Waals surface area contributed by atoms with Crippen LogP contribution in [0.15, 0.2) is 35.1 Å². The van der Waals surface area contributed by atoms with E-state index in [4.69, 9.17) is 0 Å². The van der Waals surface area contributed by atoms with Gasteiger partial charge < -0.3 is 20.4 Å². The molecule has 0 unspecified atom stereocenters. The maximum absolute atomic E-state index is 12.6. The highest BCUT2D eigenvalue weighted by Crippen LogP contribution is 2.19. The Balaban J connectivity index is 0.00000341. The fraction of sp³-hybridized carbons (Fsp3) is 0.636. The lowest BCUT2D eigenvalue weighted by atomic mass is 9.97. The normalized spacial score (nSPS) is 16.9. The predicted molar refractivity (Wildman–Crippen MR) is 136 cm³/mol. The third kappa shape index (κ3) is 8.62. The molecule has 0 spiro atoms.